The lowest BCUT2D eigenvalue weighted by molar-refractivity contribution is 0.00578. The zero-order valence-electron chi connectivity index (χ0n) is 16.6. The van der Waals surface area contributed by atoms with Crippen LogP contribution in [0.5, 0.6) is 0 Å². The normalized spacial score (nSPS) is 18.9. The number of hydrogen-bond acceptors (Lipinski definition) is 2. The van der Waals surface area contributed by atoms with Crippen molar-refractivity contribution in [3.63, 3.8) is 0 Å². The van der Waals surface area contributed by atoms with E-state index < -0.39 is 0 Å². The van der Waals surface area contributed by atoms with E-state index >= 15 is 0 Å². The van der Waals surface area contributed by atoms with Gasteiger partial charge in [-0.2, -0.15) is 0 Å². The van der Waals surface area contributed by atoms with E-state index in [4.69, 9.17) is 9.31 Å². The minimum Gasteiger partial charge on any atom is -0.399 e. The van der Waals surface area contributed by atoms with Gasteiger partial charge in [0.2, 0.25) is 0 Å². The molecule has 0 atom stereocenters. The molecule has 0 amide bonds. The predicted octanol–water partition coefficient (Wildman–Crippen LogP) is 5.14. The Morgan fingerprint density at radius 1 is 0.679 bits per heavy atom. The van der Waals surface area contributed by atoms with Crippen molar-refractivity contribution in [3.05, 3.63) is 60.7 Å². The summed E-state index contributed by atoms with van der Waals surface area (Å²) in [5, 5.41) is 5.08. The molecule has 0 bridgehead atoms. The third kappa shape index (κ3) is 1.87. The third-order valence-corrected chi connectivity index (χ3v) is 6.79. The van der Waals surface area contributed by atoms with Crippen LogP contribution in [-0.4, -0.2) is 22.7 Å². The smallest absolute Gasteiger partial charge is 0.399 e. The fourth-order valence-corrected chi connectivity index (χ4v) is 4.67. The van der Waals surface area contributed by atoms with Gasteiger partial charge >= 0.3 is 7.12 Å². The van der Waals surface area contributed by atoms with E-state index in [1.54, 1.807) is 0 Å². The first-order chi connectivity index (χ1) is 13.4. The Kier molecular flexibility index (Phi) is 2.97. The average Bonchev–Trinajstić information content (AvgIpc) is 3.26. The monoisotopic (exact) mass is 367 g/mol. The Bertz CT molecular complexity index is 1370. The van der Waals surface area contributed by atoms with Gasteiger partial charge in [0, 0.05) is 21.5 Å². The van der Waals surface area contributed by atoms with Crippen molar-refractivity contribution in [2.24, 2.45) is 0 Å². The van der Waals surface area contributed by atoms with Crippen molar-refractivity contribution in [1.82, 2.24) is 4.40 Å². The molecule has 138 valence electrons. The molecule has 3 aromatic carbocycles. The Hall–Kier alpha value is -2.56. The van der Waals surface area contributed by atoms with E-state index in [9.17, 15) is 0 Å². The zero-order chi connectivity index (χ0) is 19.3. The number of aromatic nitrogens is 1. The van der Waals surface area contributed by atoms with Crippen molar-refractivity contribution in [2.45, 2.75) is 38.9 Å². The summed E-state index contributed by atoms with van der Waals surface area (Å²) in [5.74, 6) is 0. The van der Waals surface area contributed by atoms with Crippen molar-refractivity contribution < 1.29 is 9.31 Å². The highest BCUT2D eigenvalue weighted by Crippen LogP contribution is 2.40. The van der Waals surface area contributed by atoms with Gasteiger partial charge in [0.25, 0.3) is 0 Å². The molecule has 2 aromatic heterocycles. The second-order valence-electron chi connectivity index (χ2n) is 8.88. The molecule has 3 heterocycles. The first-order valence-electron chi connectivity index (χ1n) is 9.90. The number of nitrogens with zero attached hydrogens (tertiary/aromatic N) is 1. The average molecular weight is 367 g/mol. The van der Waals surface area contributed by atoms with Crippen LogP contribution in [-0.2, 0) is 9.31 Å². The van der Waals surface area contributed by atoms with Crippen LogP contribution in [0.1, 0.15) is 27.7 Å². The molecular weight excluding hydrogens is 345 g/mol. The number of fused-ring (bicyclic) bond motifs is 6. The topological polar surface area (TPSA) is 22.9 Å². The highest BCUT2D eigenvalue weighted by atomic mass is 16.7. The molecule has 5 aromatic rings. The molecule has 0 aliphatic carbocycles. The molecule has 0 unspecified atom stereocenters. The standard InChI is InChI=1S/C24H22BNO2/c1-23(2)24(3,4)28-25(27-23)18-12-8-14-20-21(18)17-11-7-10-16-15-9-5-6-13-19(15)26(20)22(16)17/h5-14H,1-4H3. The summed E-state index contributed by atoms with van der Waals surface area (Å²) in [5.41, 5.74) is 4.13. The van der Waals surface area contributed by atoms with Crippen LogP contribution in [0.25, 0.3) is 38.1 Å². The molecule has 0 radical (unpaired) electrons. The minimum absolute atomic E-state index is 0.354. The highest BCUT2D eigenvalue weighted by Gasteiger charge is 2.52. The third-order valence-electron chi connectivity index (χ3n) is 6.79. The number of rotatable bonds is 1. The minimum atomic E-state index is -0.369. The van der Waals surface area contributed by atoms with Crippen LogP contribution in [0, 0.1) is 0 Å². The molecule has 0 N–H and O–H groups in total. The van der Waals surface area contributed by atoms with Crippen molar-refractivity contribution in [1.29, 1.82) is 0 Å². The SMILES string of the molecule is CC1(C)OB(c2cccc3c2c2cccc4c5ccccc5n3c42)OC1(C)C. The fraction of sp³-hybridized carbons (Fsp3) is 0.250. The molecule has 1 aliphatic heterocycles. The molecular formula is C24H22BNO2. The molecule has 3 nitrogen and oxygen atoms in total. The Labute approximate surface area is 164 Å². The summed E-state index contributed by atoms with van der Waals surface area (Å²) in [6.07, 6.45) is 0. The summed E-state index contributed by atoms with van der Waals surface area (Å²) in [4.78, 5) is 0. The molecule has 0 saturated carbocycles. The van der Waals surface area contributed by atoms with E-state index in [1.807, 2.05) is 0 Å². The van der Waals surface area contributed by atoms with Crippen LogP contribution >= 0.6 is 0 Å². The van der Waals surface area contributed by atoms with Crippen LogP contribution in [0.3, 0.4) is 0 Å². The van der Waals surface area contributed by atoms with Gasteiger partial charge in [-0.1, -0.05) is 48.5 Å². The van der Waals surface area contributed by atoms with Gasteiger partial charge in [-0.05, 0) is 45.3 Å². The first-order valence-corrected chi connectivity index (χ1v) is 9.90. The molecule has 1 aliphatic rings. The maximum absolute atomic E-state index is 6.40. The maximum atomic E-state index is 6.40. The predicted molar refractivity (Wildman–Crippen MR) is 117 cm³/mol. The van der Waals surface area contributed by atoms with E-state index in [0.29, 0.717) is 0 Å². The fourth-order valence-electron chi connectivity index (χ4n) is 4.67. The summed E-state index contributed by atoms with van der Waals surface area (Å²) >= 11 is 0. The van der Waals surface area contributed by atoms with Crippen molar-refractivity contribution in [3.8, 4) is 0 Å². The van der Waals surface area contributed by atoms with Gasteiger partial charge in [-0.25, -0.2) is 0 Å². The lowest BCUT2D eigenvalue weighted by atomic mass is 9.76. The van der Waals surface area contributed by atoms with Crippen LogP contribution in [0.15, 0.2) is 60.7 Å². The maximum Gasteiger partial charge on any atom is 0.495 e. The van der Waals surface area contributed by atoms with Crippen molar-refractivity contribution in [2.75, 3.05) is 0 Å². The van der Waals surface area contributed by atoms with Crippen LogP contribution < -0.4 is 5.46 Å². The summed E-state index contributed by atoms with van der Waals surface area (Å²) in [6.45, 7) is 8.42. The molecule has 0 spiro atoms. The quantitative estimate of drug-likeness (QED) is 0.383. The number of para-hydroxylation sites is 2. The largest absolute Gasteiger partial charge is 0.495 e. The number of hydrogen-bond donors (Lipinski definition) is 0. The van der Waals surface area contributed by atoms with E-state index in [2.05, 4.69) is 92.8 Å². The van der Waals surface area contributed by atoms with Crippen LogP contribution in [0.4, 0.5) is 0 Å². The van der Waals surface area contributed by atoms with Crippen molar-refractivity contribution >= 4 is 50.7 Å². The van der Waals surface area contributed by atoms with Gasteiger partial charge in [-0.3, -0.25) is 0 Å². The van der Waals surface area contributed by atoms with Gasteiger partial charge in [0.15, 0.2) is 0 Å². The summed E-state index contributed by atoms with van der Waals surface area (Å²) < 4.78 is 15.2. The summed E-state index contributed by atoms with van der Waals surface area (Å²) in [7, 11) is -0.369. The Balaban J connectivity index is 1.73. The van der Waals surface area contributed by atoms with E-state index in [1.165, 1.54) is 38.1 Å². The lowest BCUT2D eigenvalue weighted by Gasteiger charge is -2.32. The van der Waals surface area contributed by atoms with E-state index in [0.717, 1.165) is 5.46 Å². The lowest BCUT2D eigenvalue weighted by Crippen LogP contribution is -2.41. The summed E-state index contributed by atoms with van der Waals surface area (Å²) in [6, 6.07) is 21.7. The second-order valence-corrected chi connectivity index (χ2v) is 8.88. The van der Waals surface area contributed by atoms with E-state index in [-0.39, 0.29) is 18.3 Å². The first kappa shape index (κ1) is 16.4. The molecule has 1 fully saturated rings. The molecule has 28 heavy (non-hydrogen) atoms. The van der Waals surface area contributed by atoms with Gasteiger partial charge in [-0.15, -0.1) is 0 Å². The van der Waals surface area contributed by atoms with Crippen LogP contribution in [0.2, 0.25) is 0 Å². The molecule has 1 saturated heterocycles. The van der Waals surface area contributed by atoms with Gasteiger partial charge in [0.1, 0.15) is 0 Å². The van der Waals surface area contributed by atoms with Gasteiger partial charge < -0.3 is 13.7 Å². The van der Waals surface area contributed by atoms with Gasteiger partial charge in [0.05, 0.1) is 27.8 Å². The Morgan fingerprint density at radius 3 is 2.07 bits per heavy atom. The second kappa shape index (κ2) is 5.08. The number of benzene rings is 3. The Morgan fingerprint density at radius 2 is 1.29 bits per heavy atom. The molecule has 4 heteroatoms. The highest BCUT2D eigenvalue weighted by molar-refractivity contribution is 6.66. The molecule has 6 rings (SSSR count). The zero-order valence-corrected chi connectivity index (χ0v) is 16.6.